The van der Waals surface area contributed by atoms with Crippen LogP contribution in [0.2, 0.25) is 0 Å². The fourth-order valence-corrected chi connectivity index (χ4v) is 3.37. The maximum absolute atomic E-state index is 12.8. The van der Waals surface area contributed by atoms with Crippen LogP contribution in [0.25, 0.3) is 0 Å². The van der Waals surface area contributed by atoms with Gasteiger partial charge in [0.1, 0.15) is 0 Å². The Kier molecular flexibility index (Phi) is 4.05. The van der Waals surface area contributed by atoms with Crippen molar-refractivity contribution < 1.29 is 9.53 Å². The zero-order valence-electron chi connectivity index (χ0n) is 12.1. The summed E-state index contributed by atoms with van der Waals surface area (Å²) in [4.78, 5) is 14.9. The molecule has 5 heteroatoms. The number of nitrogens with one attached hydrogen (secondary N) is 1. The summed E-state index contributed by atoms with van der Waals surface area (Å²) in [6, 6.07) is 0.182. The van der Waals surface area contributed by atoms with Gasteiger partial charge < -0.3 is 9.64 Å². The van der Waals surface area contributed by atoms with Crippen LogP contribution in [0.5, 0.6) is 0 Å². The van der Waals surface area contributed by atoms with E-state index in [1.54, 1.807) is 0 Å². The second-order valence-electron chi connectivity index (χ2n) is 5.90. The molecule has 3 heterocycles. The number of amides is 1. The van der Waals surface area contributed by atoms with E-state index in [-0.39, 0.29) is 12.0 Å². The molecule has 0 aromatic carbocycles. The Morgan fingerprint density at radius 3 is 2.85 bits per heavy atom. The minimum absolute atomic E-state index is 0.146. The number of likely N-dealkylation sites (tertiary alicyclic amines) is 1. The molecule has 110 valence electrons. The van der Waals surface area contributed by atoms with Gasteiger partial charge in [0.2, 0.25) is 5.91 Å². The van der Waals surface area contributed by atoms with Crippen LogP contribution in [0.15, 0.2) is 6.20 Å². The lowest BCUT2D eigenvalue weighted by molar-refractivity contribution is -0.142. The highest BCUT2D eigenvalue weighted by Gasteiger charge is 2.34. The lowest BCUT2D eigenvalue weighted by atomic mass is 9.92. The average molecular weight is 277 g/mol. The summed E-state index contributed by atoms with van der Waals surface area (Å²) in [6.45, 7) is 4.37. The van der Waals surface area contributed by atoms with E-state index < -0.39 is 0 Å². The Morgan fingerprint density at radius 2 is 2.15 bits per heavy atom. The molecule has 0 radical (unpaired) electrons. The van der Waals surface area contributed by atoms with Crippen molar-refractivity contribution in [3.05, 3.63) is 17.5 Å². The average Bonchev–Trinajstić information content (AvgIpc) is 2.93. The number of piperidine rings is 1. The Hall–Kier alpha value is -1.36. The maximum atomic E-state index is 12.8. The molecule has 20 heavy (non-hydrogen) atoms. The number of carbonyl (C=O) groups is 1. The fraction of sp³-hybridized carbons (Fsp3) is 0.733. The Labute approximate surface area is 119 Å². The Bertz CT molecular complexity index is 465. The number of aromatic nitrogens is 2. The van der Waals surface area contributed by atoms with Crippen LogP contribution in [0.4, 0.5) is 0 Å². The number of carbonyl (C=O) groups excluding carboxylic acids is 1. The monoisotopic (exact) mass is 277 g/mol. The van der Waals surface area contributed by atoms with Crippen LogP contribution in [0, 0.1) is 12.8 Å². The molecule has 2 fully saturated rings. The van der Waals surface area contributed by atoms with Gasteiger partial charge in [0.05, 0.1) is 17.9 Å². The van der Waals surface area contributed by atoms with Crippen molar-refractivity contribution in [2.75, 3.05) is 19.8 Å². The van der Waals surface area contributed by atoms with Crippen molar-refractivity contribution in [2.45, 2.75) is 45.1 Å². The highest BCUT2D eigenvalue weighted by Crippen LogP contribution is 2.33. The normalized spacial score (nSPS) is 24.9. The van der Waals surface area contributed by atoms with E-state index in [2.05, 4.69) is 22.0 Å². The lowest BCUT2D eigenvalue weighted by Gasteiger charge is -2.38. The molecule has 1 amide bonds. The smallest absolute Gasteiger partial charge is 0.226 e. The standard InChI is InChI=1S/C15H23N3O2/c1-11-10-16-17-14(11)13-4-2-3-7-18(13)15(19)12-5-8-20-9-6-12/h10,12-13H,2-9H2,1H3,(H,16,17)/t13-/m0/s1. The summed E-state index contributed by atoms with van der Waals surface area (Å²) in [5.41, 5.74) is 2.27. The van der Waals surface area contributed by atoms with Crippen molar-refractivity contribution >= 4 is 5.91 Å². The summed E-state index contributed by atoms with van der Waals surface area (Å²) in [7, 11) is 0. The SMILES string of the molecule is Cc1cn[nH]c1[C@@H]1CCCCN1C(=O)C1CCOCC1. The zero-order valence-corrected chi connectivity index (χ0v) is 12.1. The minimum Gasteiger partial charge on any atom is -0.381 e. The molecule has 0 spiro atoms. The fourth-order valence-electron chi connectivity index (χ4n) is 3.37. The third kappa shape index (κ3) is 2.59. The molecule has 0 aliphatic carbocycles. The molecule has 1 aromatic heterocycles. The third-order valence-corrected chi connectivity index (χ3v) is 4.56. The molecule has 1 atom stereocenters. The van der Waals surface area contributed by atoms with Gasteiger partial charge in [-0.25, -0.2) is 0 Å². The zero-order chi connectivity index (χ0) is 13.9. The predicted octanol–water partition coefficient (Wildman–Crippen LogP) is 2.20. The number of nitrogens with zero attached hydrogens (tertiary/aromatic N) is 2. The third-order valence-electron chi connectivity index (χ3n) is 4.56. The minimum atomic E-state index is 0.146. The number of aromatic amines is 1. The highest BCUT2D eigenvalue weighted by atomic mass is 16.5. The van der Waals surface area contributed by atoms with E-state index in [1.807, 2.05) is 6.20 Å². The molecule has 0 bridgehead atoms. The van der Waals surface area contributed by atoms with E-state index in [4.69, 9.17) is 4.74 Å². The molecule has 3 rings (SSSR count). The van der Waals surface area contributed by atoms with E-state index in [0.717, 1.165) is 56.7 Å². The molecular weight excluding hydrogens is 254 g/mol. The molecule has 1 aromatic rings. The van der Waals surface area contributed by atoms with Crippen LogP contribution in [-0.2, 0) is 9.53 Å². The number of aryl methyl sites for hydroxylation is 1. The number of rotatable bonds is 2. The molecule has 0 unspecified atom stereocenters. The van der Waals surface area contributed by atoms with Gasteiger partial charge in [-0.2, -0.15) is 5.10 Å². The van der Waals surface area contributed by atoms with Gasteiger partial charge in [-0.05, 0) is 44.6 Å². The summed E-state index contributed by atoms with van der Waals surface area (Å²) >= 11 is 0. The van der Waals surface area contributed by atoms with Crippen LogP contribution in [0.3, 0.4) is 0 Å². The summed E-state index contributed by atoms with van der Waals surface area (Å²) < 4.78 is 5.37. The topological polar surface area (TPSA) is 58.2 Å². The van der Waals surface area contributed by atoms with Gasteiger partial charge in [-0.15, -0.1) is 0 Å². The number of hydrogen-bond acceptors (Lipinski definition) is 3. The van der Waals surface area contributed by atoms with Crippen LogP contribution in [-0.4, -0.2) is 40.8 Å². The number of hydrogen-bond donors (Lipinski definition) is 1. The van der Waals surface area contributed by atoms with Gasteiger partial charge in [-0.3, -0.25) is 9.89 Å². The molecule has 5 nitrogen and oxygen atoms in total. The first-order chi connectivity index (χ1) is 9.77. The van der Waals surface area contributed by atoms with Crippen molar-refractivity contribution in [2.24, 2.45) is 5.92 Å². The second-order valence-corrected chi connectivity index (χ2v) is 5.90. The number of H-pyrrole nitrogens is 1. The molecule has 2 aliphatic rings. The first-order valence-corrected chi connectivity index (χ1v) is 7.65. The van der Waals surface area contributed by atoms with Gasteiger partial charge in [-0.1, -0.05) is 0 Å². The summed E-state index contributed by atoms with van der Waals surface area (Å²) in [5.74, 6) is 0.458. The van der Waals surface area contributed by atoms with Crippen molar-refractivity contribution in [3.8, 4) is 0 Å². The first kappa shape index (κ1) is 13.6. The van der Waals surface area contributed by atoms with E-state index in [0.29, 0.717) is 5.91 Å². The molecule has 1 N–H and O–H groups in total. The largest absolute Gasteiger partial charge is 0.381 e. The van der Waals surface area contributed by atoms with Crippen LogP contribution in [0.1, 0.15) is 49.4 Å². The van der Waals surface area contributed by atoms with Gasteiger partial charge in [0, 0.05) is 25.7 Å². The van der Waals surface area contributed by atoms with Gasteiger partial charge in [0.15, 0.2) is 0 Å². The summed E-state index contributed by atoms with van der Waals surface area (Å²) in [5, 5.41) is 7.21. The molecular formula is C15H23N3O2. The van der Waals surface area contributed by atoms with E-state index >= 15 is 0 Å². The first-order valence-electron chi connectivity index (χ1n) is 7.65. The Morgan fingerprint density at radius 1 is 1.35 bits per heavy atom. The quantitative estimate of drug-likeness (QED) is 0.901. The number of ether oxygens (including phenoxy) is 1. The van der Waals surface area contributed by atoms with Gasteiger partial charge in [0.25, 0.3) is 0 Å². The van der Waals surface area contributed by atoms with Crippen molar-refractivity contribution in [3.63, 3.8) is 0 Å². The molecule has 0 saturated carbocycles. The van der Waals surface area contributed by atoms with Crippen molar-refractivity contribution in [1.29, 1.82) is 0 Å². The van der Waals surface area contributed by atoms with Crippen LogP contribution >= 0.6 is 0 Å². The molecule has 2 aliphatic heterocycles. The molecule has 2 saturated heterocycles. The highest BCUT2D eigenvalue weighted by molar-refractivity contribution is 5.79. The van der Waals surface area contributed by atoms with Crippen molar-refractivity contribution in [1.82, 2.24) is 15.1 Å². The second kappa shape index (κ2) is 5.95. The predicted molar refractivity (Wildman–Crippen MR) is 75.2 cm³/mol. The Balaban J connectivity index is 1.78. The van der Waals surface area contributed by atoms with E-state index in [9.17, 15) is 4.79 Å². The lowest BCUT2D eigenvalue weighted by Crippen LogP contribution is -2.43. The summed E-state index contributed by atoms with van der Waals surface area (Å²) in [6.07, 6.45) is 6.91. The van der Waals surface area contributed by atoms with Crippen LogP contribution < -0.4 is 0 Å². The maximum Gasteiger partial charge on any atom is 0.226 e. The van der Waals surface area contributed by atoms with E-state index in [1.165, 1.54) is 6.42 Å². The van der Waals surface area contributed by atoms with Gasteiger partial charge >= 0.3 is 0 Å².